The van der Waals surface area contributed by atoms with Gasteiger partial charge in [-0.1, -0.05) is 13.8 Å². The van der Waals surface area contributed by atoms with E-state index in [0.29, 0.717) is 18.8 Å². The van der Waals surface area contributed by atoms with Crippen LogP contribution in [-0.2, 0) is 14.8 Å². The monoisotopic (exact) mass is 315 g/mol. The van der Waals surface area contributed by atoms with E-state index in [0.717, 1.165) is 6.42 Å². The summed E-state index contributed by atoms with van der Waals surface area (Å²) >= 11 is 0. The third-order valence-electron chi connectivity index (χ3n) is 2.97. The number of ether oxygens (including phenoxy) is 1. The standard InChI is InChI=1S/C14H21NO5S/c1-3-9-20-12-5-7-13(8-6-12)21(18,19)15-10-11(4-2)14(16)17/h5-8,11,15H,3-4,9-10H2,1-2H3,(H,16,17). The minimum Gasteiger partial charge on any atom is -0.494 e. The summed E-state index contributed by atoms with van der Waals surface area (Å²) in [6.45, 7) is 4.13. The van der Waals surface area contributed by atoms with Crippen molar-refractivity contribution in [2.45, 2.75) is 31.6 Å². The third-order valence-corrected chi connectivity index (χ3v) is 4.41. The first kappa shape index (κ1) is 17.5. The summed E-state index contributed by atoms with van der Waals surface area (Å²) in [4.78, 5) is 11.0. The molecule has 1 aromatic carbocycles. The first-order chi connectivity index (χ1) is 9.90. The second kappa shape index (κ2) is 7.99. The predicted molar refractivity (Wildman–Crippen MR) is 78.8 cm³/mol. The molecule has 0 spiro atoms. The number of hydrogen-bond acceptors (Lipinski definition) is 4. The van der Waals surface area contributed by atoms with Crippen molar-refractivity contribution < 1.29 is 23.1 Å². The van der Waals surface area contributed by atoms with Crippen molar-refractivity contribution in [1.82, 2.24) is 4.72 Å². The van der Waals surface area contributed by atoms with Gasteiger partial charge in [0.15, 0.2) is 0 Å². The smallest absolute Gasteiger partial charge is 0.307 e. The number of benzene rings is 1. The summed E-state index contributed by atoms with van der Waals surface area (Å²) in [6, 6.07) is 6.04. The molecule has 0 aliphatic heterocycles. The minimum atomic E-state index is -3.71. The van der Waals surface area contributed by atoms with Crippen LogP contribution in [0, 0.1) is 5.92 Å². The Labute approximate surface area is 125 Å². The van der Waals surface area contributed by atoms with Crippen molar-refractivity contribution in [1.29, 1.82) is 0 Å². The summed E-state index contributed by atoms with van der Waals surface area (Å²) < 4.78 is 31.8. The lowest BCUT2D eigenvalue weighted by atomic mass is 10.1. The fraction of sp³-hybridized carbons (Fsp3) is 0.500. The first-order valence-electron chi connectivity index (χ1n) is 6.86. The summed E-state index contributed by atoms with van der Waals surface area (Å²) in [7, 11) is -3.71. The van der Waals surface area contributed by atoms with Gasteiger partial charge in [-0.25, -0.2) is 13.1 Å². The van der Waals surface area contributed by atoms with Crippen LogP contribution in [0.2, 0.25) is 0 Å². The molecular formula is C14H21NO5S. The Kier molecular flexibility index (Phi) is 6.64. The Morgan fingerprint density at radius 1 is 1.29 bits per heavy atom. The van der Waals surface area contributed by atoms with Crippen molar-refractivity contribution in [2.75, 3.05) is 13.2 Å². The molecule has 0 saturated heterocycles. The highest BCUT2D eigenvalue weighted by molar-refractivity contribution is 7.89. The van der Waals surface area contributed by atoms with Crippen LogP contribution < -0.4 is 9.46 Å². The summed E-state index contributed by atoms with van der Waals surface area (Å²) in [5.41, 5.74) is 0. The van der Waals surface area contributed by atoms with Gasteiger partial charge < -0.3 is 9.84 Å². The first-order valence-corrected chi connectivity index (χ1v) is 8.34. The summed E-state index contributed by atoms with van der Waals surface area (Å²) in [5.74, 6) is -1.14. The van der Waals surface area contributed by atoms with Crippen molar-refractivity contribution in [2.24, 2.45) is 5.92 Å². The normalized spacial score (nSPS) is 12.9. The van der Waals surface area contributed by atoms with Crippen LogP contribution in [0.15, 0.2) is 29.2 Å². The predicted octanol–water partition coefficient (Wildman–Crippen LogP) is 1.86. The molecule has 2 N–H and O–H groups in total. The quantitative estimate of drug-likeness (QED) is 0.725. The molecule has 0 aliphatic rings. The van der Waals surface area contributed by atoms with E-state index in [1.54, 1.807) is 19.1 Å². The lowest BCUT2D eigenvalue weighted by Gasteiger charge is -2.12. The Bertz CT molecular complexity index is 553. The highest BCUT2D eigenvalue weighted by atomic mass is 32.2. The van der Waals surface area contributed by atoms with Crippen LogP contribution in [0.1, 0.15) is 26.7 Å². The van der Waals surface area contributed by atoms with E-state index in [2.05, 4.69) is 4.72 Å². The Morgan fingerprint density at radius 2 is 1.90 bits per heavy atom. The molecule has 6 nitrogen and oxygen atoms in total. The lowest BCUT2D eigenvalue weighted by Crippen LogP contribution is -2.32. The average Bonchev–Trinajstić information content (AvgIpc) is 2.45. The molecule has 0 aliphatic carbocycles. The molecule has 0 bridgehead atoms. The van der Waals surface area contributed by atoms with Gasteiger partial charge in [0.1, 0.15) is 5.75 Å². The zero-order valence-corrected chi connectivity index (χ0v) is 13.0. The highest BCUT2D eigenvalue weighted by Crippen LogP contribution is 2.16. The molecule has 0 fully saturated rings. The van der Waals surface area contributed by atoms with E-state index in [9.17, 15) is 13.2 Å². The number of aliphatic carboxylic acids is 1. The van der Waals surface area contributed by atoms with Crippen molar-refractivity contribution in [3.8, 4) is 5.75 Å². The Balaban J connectivity index is 2.71. The molecule has 1 rings (SSSR count). The number of nitrogens with one attached hydrogen (secondary N) is 1. The highest BCUT2D eigenvalue weighted by Gasteiger charge is 2.20. The van der Waals surface area contributed by atoms with Crippen LogP contribution in [0.5, 0.6) is 5.75 Å². The number of carbonyl (C=O) groups is 1. The van der Waals surface area contributed by atoms with Crippen LogP contribution in [-0.4, -0.2) is 32.6 Å². The van der Waals surface area contributed by atoms with Gasteiger partial charge in [-0.15, -0.1) is 0 Å². The number of hydrogen-bond donors (Lipinski definition) is 2. The Morgan fingerprint density at radius 3 is 2.38 bits per heavy atom. The van der Waals surface area contributed by atoms with Gasteiger partial charge >= 0.3 is 5.97 Å². The maximum absolute atomic E-state index is 12.1. The fourth-order valence-corrected chi connectivity index (χ4v) is 2.72. The maximum Gasteiger partial charge on any atom is 0.307 e. The van der Waals surface area contributed by atoms with Crippen LogP contribution >= 0.6 is 0 Å². The zero-order chi connectivity index (χ0) is 15.9. The molecule has 1 aromatic rings. The molecule has 0 aromatic heterocycles. The fourth-order valence-electron chi connectivity index (χ4n) is 1.63. The van der Waals surface area contributed by atoms with Gasteiger partial charge in [0.05, 0.1) is 17.4 Å². The number of rotatable bonds is 9. The molecule has 21 heavy (non-hydrogen) atoms. The van der Waals surface area contributed by atoms with E-state index >= 15 is 0 Å². The van der Waals surface area contributed by atoms with Gasteiger partial charge in [0.2, 0.25) is 10.0 Å². The van der Waals surface area contributed by atoms with E-state index in [1.165, 1.54) is 12.1 Å². The van der Waals surface area contributed by atoms with Crippen LogP contribution in [0.4, 0.5) is 0 Å². The largest absolute Gasteiger partial charge is 0.494 e. The Hall–Kier alpha value is -1.60. The molecule has 0 saturated carbocycles. The molecule has 7 heteroatoms. The number of sulfonamides is 1. The van der Waals surface area contributed by atoms with Crippen LogP contribution in [0.3, 0.4) is 0 Å². The molecule has 0 radical (unpaired) electrons. The topological polar surface area (TPSA) is 92.7 Å². The molecule has 0 heterocycles. The van der Waals surface area contributed by atoms with Crippen molar-refractivity contribution in [3.05, 3.63) is 24.3 Å². The zero-order valence-electron chi connectivity index (χ0n) is 12.2. The van der Waals surface area contributed by atoms with Gasteiger partial charge in [-0.2, -0.15) is 0 Å². The van der Waals surface area contributed by atoms with E-state index in [4.69, 9.17) is 9.84 Å². The van der Waals surface area contributed by atoms with E-state index < -0.39 is 21.9 Å². The molecule has 1 unspecified atom stereocenters. The van der Waals surface area contributed by atoms with Gasteiger partial charge in [0, 0.05) is 6.54 Å². The minimum absolute atomic E-state index is 0.0894. The second-order valence-corrected chi connectivity index (χ2v) is 6.38. The van der Waals surface area contributed by atoms with Crippen LogP contribution in [0.25, 0.3) is 0 Å². The summed E-state index contributed by atoms with van der Waals surface area (Å²) in [5, 5.41) is 8.91. The summed E-state index contributed by atoms with van der Waals surface area (Å²) in [6.07, 6.45) is 1.23. The average molecular weight is 315 g/mol. The lowest BCUT2D eigenvalue weighted by molar-refractivity contribution is -0.141. The molecule has 118 valence electrons. The molecule has 1 atom stereocenters. The molecular weight excluding hydrogens is 294 g/mol. The second-order valence-electron chi connectivity index (χ2n) is 4.62. The molecule has 0 amide bonds. The maximum atomic E-state index is 12.1. The number of carboxylic acids is 1. The number of carboxylic acid groups (broad SMARTS) is 1. The van der Waals surface area contributed by atoms with Crippen molar-refractivity contribution >= 4 is 16.0 Å². The van der Waals surface area contributed by atoms with E-state index in [1.807, 2.05) is 6.92 Å². The van der Waals surface area contributed by atoms with Gasteiger partial charge in [0.25, 0.3) is 0 Å². The van der Waals surface area contributed by atoms with Gasteiger partial charge in [-0.3, -0.25) is 4.79 Å². The van der Waals surface area contributed by atoms with Crippen molar-refractivity contribution in [3.63, 3.8) is 0 Å². The van der Waals surface area contributed by atoms with E-state index in [-0.39, 0.29) is 11.4 Å². The van der Waals surface area contributed by atoms with Gasteiger partial charge in [-0.05, 0) is 37.1 Å². The third kappa shape index (κ3) is 5.35. The SMILES string of the molecule is CCCOc1ccc(S(=O)(=O)NCC(CC)C(=O)O)cc1.